The first-order valence-corrected chi connectivity index (χ1v) is 6.57. The van der Waals surface area contributed by atoms with Gasteiger partial charge >= 0.3 is 6.36 Å². The molecule has 0 bridgehead atoms. The average molecular weight is 346 g/mol. The Kier molecular flexibility index (Phi) is 5.47. The highest BCUT2D eigenvalue weighted by atomic mass is 79.9. The maximum Gasteiger partial charge on any atom is 0.573 e. The number of alkyl halides is 5. The Balaban J connectivity index is 3.20. The van der Waals surface area contributed by atoms with Gasteiger partial charge in [0.25, 0.3) is 0 Å². The molecular weight excluding hydrogens is 336 g/mol. The summed E-state index contributed by atoms with van der Waals surface area (Å²) in [6.07, 6.45) is -4.77. The van der Waals surface area contributed by atoms with Crippen molar-refractivity contribution in [1.82, 2.24) is 0 Å². The van der Waals surface area contributed by atoms with Crippen LogP contribution >= 0.6 is 27.5 Å². The molecule has 18 heavy (non-hydrogen) atoms. The summed E-state index contributed by atoms with van der Waals surface area (Å²) >= 11 is 8.61. The highest BCUT2D eigenvalue weighted by Gasteiger charge is 2.34. The molecular formula is C11H9BrClF3O2. The maximum absolute atomic E-state index is 12.3. The van der Waals surface area contributed by atoms with E-state index < -0.39 is 17.9 Å². The van der Waals surface area contributed by atoms with Crippen LogP contribution in [0, 0.1) is 0 Å². The number of hydrogen-bond acceptors (Lipinski definition) is 2. The number of Topliss-reactive ketones (excluding diaryl/α,β-unsaturated/α-hetero) is 1. The smallest absolute Gasteiger partial charge is 0.405 e. The van der Waals surface area contributed by atoms with Crippen molar-refractivity contribution in [3.63, 3.8) is 0 Å². The van der Waals surface area contributed by atoms with E-state index in [2.05, 4.69) is 20.7 Å². The van der Waals surface area contributed by atoms with Gasteiger partial charge in [0.1, 0.15) is 5.75 Å². The first-order valence-electron chi connectivity index (χ1n) is 4.91. The Morgan fingerprint density at radius 1 is 1.39 bits per heavy atom. The zero-order valence-corrected chi connectivity index (χ0v) is 11.4. The van der Waals surface area contributed by atoms with E-state index in [0.29, 0.717) is 5.33 Å². The summed E-state index contributed by atoms with van der Waals surface area (Å²) in [7, 11) is 0. The van der Waals surface area contributed by atoms with Gasteiger partial charge in [0.05, 0.1) is 11.4 Å². The van der Waals surface area contributed by atoms with E-state index in [4.69, 9.17) is 11.6 Å². The molecule has 0 atom stereocenters. The molecule has 0 radical (unpaired) electrons. The molecule has 0 spiro atoms. The second-order valence-electron chi connectivity index (χ2n) is 3.34. The standard InChI is InChI=1S/C11H9BrClF3O2/c12-5-4-9(17)8-3-1-2-7(6-13)10(8)18-11(14,15)16/h1-3H,4-6H2. The van der Waals surface area contributed by atoms with E-state index in [1.807, 2.05) is 0 Å². The lowest BCUT2D eigenvalue weighted by atomic mass is 10.0. The topological polar surface area (TPSA) is 26.3 Å². The lowest BCUT2D eigenvalue weighted by molar-refractivity contribution is -0.274. The number of carbonyl (C=O) groups is 1. The predicted molar refractivity (Wildman–Crippen MR) is 65.4 cm³/mol. The quantitative estimate of drug-likeness (QED) is 0.588. The van der Waals surface area contributed by atoms with E-state index in [9.17, 15) is 18.0 Å². The van der Waals surface area contributed by atoms with Crippen molar-refractivity contribution in [2.24, 2.45) is 0 Å². The predicted octanol–water partition coefficient (Wildman–Crippen LogP) is 4.29. The summed E-state index contributed by atoms with van der Waals surface area (Å²) in [5, 5.41) is 0.363. The molecule has 0 amide bonds. The zero-order chi connectivity index (χ0) is 13.8. The second kappa shape index (κ2) is 6.43. The molecule has 0 unspecified atom stereocenters. The molecule has 0 aliphatic rings. The van der Waals surface area contributed by atoms with Crippen LogP contribution < -0.4 is 4.74 Å². The SMILES string of the molecule is O=C(CCBr)c1cccc(CCl)c1OC(F)(F)F. The molecule has 0 saturated heterocycles. The van der Waals surface area contributed by atoms with Gasteiger partial charge in [-0.15, -0.1) is 24.8 Å². The summed E-state index contributed by atoms with van der Waals surface area (Å²) in [4.78, 5) is 11.7. The van der Waals surface area contributed by atoms with Crippen LogP contribution in [0.2, 0.25) is 0 Å². The number of para-hydroxylation sites is 1. The molecule has 0 aliphatic carbocycles. The molecule has 0 fully saturated rings. The Labute approximate surface area is 115 Å². The first kappa shape index (κ1) is 15.3. The Morgan fingerprint density at radius 2 is 2.06 bits per heavy atom. The van der Waals surface area contributed by atoms with Crippen molar-refractivity contribution in [2.45, 2.75) is 18.7 Å². The van der Waals surface area contributed by atoms with Crippen molar-refractivity contribution < 1.29 is 22.7 Å². The molecule has 0 aliphatic heterocycles. The highest BCUT2D eigenvalue weighted by Crippen LogP contribution is 2.32. The number of halogens is 5. The van der Waals surface area contributed by atoms with Crippen molar-refractivity contribution in [3.8, 4) is 5.75 Å². The normalized spacial score (nSPS) is 11.4. The Bertz CT molecular complexity index is 435. The molecule has 0 aromatic heterocycles. The van der Waals surface area contributed by atoms with E-state index in [1.54, 1.807) is 0 Å². The molecule has 0 saturated carbocycles. The van der Waals surface area contributed by atoms with Crippen LogP contribution in [0.3, 0.4) is 0 Å². The van der Waals surface area contributed by atoms with Crippen LogP contribution in [0.15, 0.2) is 18.2 Å². The van der Waals surface area contributed by atoms with Gasteiger partial charge in [0.15, 0.2) is 5.78 Å². The van der Waals surface area contributed by atoms with Gasteiger partial charge in [0.2, 0.25) is 0 Å². The van der Waals surface area contributed by atoms with Crippen LogP contribution in [-0.4, -0.2) is 17.5 Å². The second-order valence-corrected chi connectivity index (χ2v) is 4.40. The third kappa shape index (κ3) is 4.17. The average Bonchev–Trinajstić information content (AvgIpc) is 2.27. The summed E-state index contributed by atoms with van der Waals surface area (Å²) in [6, 6.07) is 4.16. The molecule has 1 rings (SSSR count). The fraction of sp³-hybridized carbons (Fsp3) is 0.364. The minimum absolute atomic E-state index is 0.0833. The van der Waals surface area contributed by atoms with Crippen LogP contribution in [-0.2, 0) is 5.88 Å². The number of carbonyl (C=O) groups excluding carboxylic acids is 1. The van der Waals surface area contributed by atoms with Gasteiger partial charge in [-0.3, -0.25) is 4.79 Å². The summed E-state index contributed by atoms with van der Waals surface area (Å²) in [5.41, 5.74) is 0.0272. The molecule has 1 aromatic carbocycles. The van der Waals surface area contributed by atoms with Gasteiger partial charge < -0.3 is 4.74 Å². The van der Waals surface area contributed by atoms with Crippen molar-refractivity contribution in [2.75, 3.05) is 5.33 Å². The molecule has 1 aromatic rings. The lowest BCUT2D eigenvalue weighted by Gasteiger charge is -2.15. The number of ketones is 1. The van der Waals surface area contributed by atoms with Crippen molar-refractivity contribution in [3.05, 3.63) is 29.3 Å². The Hall–Kier alpha value is -0.750. The number of rotatable bonds is 5. The van der Waals surface area contributed by atoms with E-state index >= 15 is 0 Å². The highest BCUT2D eigenvalue weighted by molar-refractivity contribution is 9.09. The van der Waals surface area contributed by atoms with Crippen LogP contribution in [0.4, 0.5) is 13.2 Å². The van der Waals surface area contributed by atoms with Gasteiger partial charge in [-0.25, -0.2) is 0 Å². The van der Waals surface area contributed by atoms with Crippen molar-refractivity contribution >= 4 is 33.3 Å². The van der Waals surface area contributed by atoms with E-state index in [-0.39, 0.29) is 23.4 Å². The van der Waals surface area contributed by atoms with Crippen LogP contribution in [0.5, 0.6) is 5.75 Å². The van der Waals surface area contributed by atoms with E-state index in [0.717, 1.165) is 0 Å². The maximum atomic E-state index is 12.3. The summed E-state index contributed by atoms with van der Waals surface area (Å²) in [5.74, 6) is -1.11. The molecule has 2 nitrogen and oxygen atoms in total. The minimum atomic E-state index is -4.86. The van der Waals surface area contributed by atoms with Gasteiger partial charge in [-0.1, -0.05) is 28.1 Å². The lowest BCUT2D eigenvalue weighted by Crippen LogP contribution is -2.20. The molecule has 0 N–H and O–H groups in total. The van der Waals surface area contributed by atoms with Crippen LogP contribution in [0.1, 0.15) is 22.3 Å². The minimum Gasteiger partial charge on any atom is -0.405 e. The molecule has 0 heterocycles. The monoisotopic (exact) mass is 344 g/mol. The fourth-order valence-corrected chi connectivity index (χ4v) is 1.94. The largest absolute Gasteiger partial charge is 0.573 e. The van der Waals surface area contributed by atoms with Gasteiger partial charge in [-0.2, -0.15) is 0 Å². The summed E-state index contributed by atoms with van der Waals surface area (Å²) in [6.45, 7) is 0. The molecule has 7 heteroatoms. The third-order valence-electron chi connectivity index (χ3n) is 2.08. The summed E-state index contributed by atoms with van der Waals surface area (Å²) < 4.78 is 40.8. The van der Waals surface area contributed by atoms with E-state index in [1.165, 1.54) is 18.2 Å². The fourth-order valence-electron chi connectivity index (χ4n) is 1.37. The van der Waals surface area contributed by atoms with Crippen LogP contribution in [0.25, 0.3) is 0 Å². The van der Waals surface area contributed by atoms with Crippen molar-refractivity contribution in [1.29, 1.82) is 0 Å². The number of benzene rings is 1. The first-order chi connectivity index (χ1) is 8.39. The Morgan fingerprint density at radius 3 is 2.56 bits per heavy atom. The zero-order valence-electron chi connectivity index (χ0n) is 9.06. The van der Waals surface area contributed by atoms with Gasteiger partial charge in [-0.05, 0) is 6.07 Å². The van der Waals surface area contributed by atoms with Gasteiger partial charge in [0, 0.05) is 17.3 Å². The third-order valence-corrected chi connectivity index (χ3v) is 2.76. The number of hydrogen-bond donors (Lipinski definition) is 0. The molecule has 100 valence electrons. The number of ether oxygens (including phenoxy) is 1.